The zero-order valence-corrected chi connectivity index (χ0v) is 11.1. The minimum Gasteiger partial charge on any atom is -0.497 e. The van der Waals surface area contributed by atoms with Crippen molar-refractivity contribution in [3.63, 3.8) is 0 Å². The Morgan fingerprint density at radius 1 is 1.05 bits per heavy atom. The molecular weight excluding hydrogens is 238 g/mol. The third kappa shape index (κ3) is 2.48. The Labute approximate surface area is 113 Å². The van der Waals surface area contributed by atoms with E-state index in [2.05, 4.69) is 31.2 Å². The number of nitrogens with zero attached hydrogens (tertiary/aromatic N) is 1. The molecule has 3 rings (SSSR count). The zero-order valence-electron chi connectivity index (χ0n) is 11.1. The van der Waals surface area contributed by atoms with Gasteiger partial charge in [0.2, 0.25) is 0 Å². The third-order valence-corrected chi connectivity index (χ3v) is 3.47. The van der Waals surface area contributed by atoms with Crippen LogP contribution in [0.1, 0.15) is 30.3 Å². The van der Waals surface area contributed by atoms with Gasteiger partial charge in [-0.3, -0.25) is 4.84 Å². The van der Waals surface area contributed by atoms with Crippen molar-refractivity contribution in [3.05, 3.63) is 65.7 Å². The van der Waals surface area contributed by atoms with Gasteiger partial charge in [0.1, 0.15) is 5.75 Å². The van der Waals surface area contributed by atoms with E-state index >= 15 is 0 Å². The van der Waals surface area contributed by atoms with E-state index in [1.54, 1.807) is 7.11 Å². The summed E-state index contributed by atoms with van der Waals surface area (Å²) in [4.78, 5) is 5.69. The summed E-state index contributed by atoms with van der Waals surface area (Å²) in [6.45, 7) is 2.15. The monoisotopic (exact) mass is 255 g/mol. The van der Waals surface area contributed by atoms with E-state index < -0.39 is 0 Å². The highest BCUT2D eigenvalue weighted by Crippen LogP contribution is 2.44. The van der Waals surface area contributed by atoms with Gasteiger partial charge in [0.15, 0.2) is 6.23 Å². The van der Waals surface area contributed by atoms with Crippen LogP contribution in [0.15, 0.2) is 54.6 Å². The maximum atomic E-state index is 5.69. The SMILES string of the molecule is COc1ccc([C@H]2ON2[C@@H](C)c2ccccc2)cc1. The van der Waals surface area contributed by atoms with Crippen molar-refractivity contribution < 1.29 is 9.57 Å². The van der Waals surface area contributed by atoms with Crippen molar-refractivity contribution in [3.8, 4) is 5.75 Å². The van der Waals surface area contributed by atoms with Gasteiger partial charge in [-0.2, -0.15) is 0 Å². The van der Waals surface area contributed by atoms with E-state index in [9.17, 15) is 0 Å². The summed E-state index contributed by atoms with van der Waals surface area (Å²) in [7, 11) is 1.67. The van der Waals surface area contributed by atoms with Crippen molar-refractivity contribution in [1.82, 2.24) is 5.06 Å². The molecule has 1 aliphatic heterocycles. The molecule has 0 aliphatic carbocycles. The van der Waals surface area contributed by atoms with Crippen molar-refractivity contribution in [2.24, 2.45) is 0 Å². The molecule has 1 aliphatic rings. The predicted molar refractivity (Wildman–Crippen MR) is 73.5 cm³/mol. The van der Waals surface area contributed by atoms with Crippen LogP contribution in [0.4, 0.5) is 0 Å². The molecule has 2 aromatic carbocycles. The lowest BCUT2D eigenvalue weighted by Gasteiger charge is -2.10. The van der Waals surface area contributed by atoms with Gasteiger partial charge < -0.3 is 4.74 Å². The van der Waals surface area contributed by atoms with Crippen LogP contribution in [0.25, 0.3) is 0 Å². The van der Waals surface area contributed by atoms with Gasteiger partial charge in [0.05, 0.1) is 13.2 Å². The number of hydroxylamine groups is 2. The first-order valence-electron chi connectivity index (χ1n) is 6.43. The molecule has 19 heavy (non-hydrogen) atoms. The Kier molecular flexibility index (Phi) is 3.23. The Bertz CT molecular complexity index is 538. The molecule has 0 radical (unpaired) electrons. The van der Waals surface area contributed by atoms with E-state index in [1.165, 1.54) is 5.56 Å². The molecule has 0 aromatic heterocycles. The maximum Gasteiger partial charge on any atom is 0.180 e. The normalized spacial score (nSPS) is 22.8. The average Bonchev–Trinajstić information content (AvgIpc) is 3.28. The van der Waals surface area contributed by atoms with Crippen LogP contribution < -0.4 is 4.74 Å². The average molecular weight is 255 g/mol. The zero-order chi connectivity index (χ0) is 13.2. The Hall–Kier alpha value is -1.84. The number of benzene rings is 2. The lowest BCUT2D eigenvalue weighted by Crippen LogP contribution is -2.05. The number of rotatable bonds is 4. The van der Waals surface area contributed by atoms with Crippen LogP contribution in [-0.2, 0) is 4.84 Å². The van der Waals surface area contributed by atoms with E-state index in [0.29, 0.717) is 0 Å². The van der Waals surface area contributed by atoms with Crippen molar-refractivity contribution in [2.45, 2.75) is 19.2 Å². The quantitative estimate of drug-likeness (QED) is 0.779. The summed E-state index contributed by atoms with van der Waals surface area (Å²) in [5.74, 6) is 0.868. The van der Waals surface area contributed by atoms with Crippen molar-refractivity contribution >= 4 is 0 Å². The molecule has 0 spiro atoms. The van der Waals surface area contributed by atoms with E-state index in [-0.39, 0.29) is 12.3 Å². The van der Waals surface area contributed by atoms with Gasteiger partial charge in [-0.15, -0.1) is 5.06 Å². The lowest BCUT2D eigenvalue weighted by molar-refractivity contribution is 0.155. The first kappa shape index (κ1) is 12.2. The van der Waals surface area contributed by atoms with Gasteiger partial charge in [-0.1, -0.05) is 42.5 Å². The molecule has 0 amide bonds. The van der Waals surface area contributed by atoms with E-state index in [1.807, 2.05) is 35.4 Å². The molecule has 1 saturated heterocycles. The molecule has 1 fully saturated rings. The minimum atomic E-state index is 0.0566. The van der Waals surface area contributed by atoms with Crippen molar-refractivity contribution in [2.75, 3.05) is 7.11 Å². The summed E-state index contributed by atoms with van der Waals surface area (Å²) >= 11 is 0. The van der Waals surface area contributed by atoms with Gasteiger partial charge in [-0.25, -0.2) is 0 Å². The molecular formula is C16H17NO2. The molecule has 3 nitrogen and oxygen atoms in total. The molecule has 2 aromatic rings. The van der Waals surface area contributed by atoms with Crippen molar-refractivity contribution in [1.29, 1.82) is 0 Å². The Balaban J connectivity index is 1.70. The molecule has 1 heterocycles. The predicted octanol–water partition coefficient (Wildman–Crippen LogP) is 3.70. The fourth-order valence-corrected chi connectivity index (χ4v) is 2.24. The second-order valence-electron chi connectivity index (χ2n) is 4.68. The highest BCUT2D eigenvalue weighted by molar-refractivity contribution is 5.29. The van der Waals surface area contributed by atoms with Gasteiger partial charge in [-0.05, 0) is 30.2 Å². The first-order valence-corrected chi connectivity index (χ1v) is 6.43. The molecule has 3 heteroatoms. The van der Waals surface area contributed by atoms with Gasteiger partial charge in [0, 0.05) is 0 Å². The molecule has 0 N–H and O–H groups in total. The van der Waals surface area contributed by atoms with Crippen LogP contribution in [0.3, 0.4) is 0 Å². The second-order valence-corrected chi connectivity index (χ2v) is 4.68. The van der Waals surface area contributed by atoms with Gasteiger partial charge >= 0.3 is 0 Å². The smallest absolute Gasteiger partial charge is 0.180 e. The van der Waals surface area contributed by atoms with Crippen LogP contribution in [0.2, 0.25) is 0 Å². The molecule has 1 unspecified atom stereocenters. The van der Waals surface area contributed by atoms with Crippen LogP contribution in [-0.4, -0.2) is 12.2 Å². The molecule has 3 atom stereocenters. The van der Waals surface area contributed by atoms with Gasteiger partial charge in [0.25, 0.3) is 0 Å². The van der Waals surface area contributed by atoms with Crippen LogP contribution in [0, 0.1) is 0 Å². The maximum absolute atomic E-state index is 5.69. The summed E-state index contributed by atoms with van der Waals surface area (Å²) in [5.41, 5.74) is 2.42. The fraction of sp³-hybridized carbons (Fsp3) is 0.250. The largest absolute Gasteiger partial charge is 0.497 e. The first-order chi connectivity index (χ1) is 9.29. The molecule has 98 valence electrons. The highest BCUT2D eigenvalue weighted by atomic mass is 16.8. The summed E-state index contributed by atoms with van der Waals surface area (Å²) < 4.78 is 5.16. The molecule has 0 saturated carbocycles. The number of hydrogen-bond acceptors (Lipinski definition) is 3. The minimum absolute atomic E-state index is 0.0566. The standard InChI is InChI=1S/C16H17NO2/c1-12(13-6-4-3-5-7-13)17-16(19-17)14-8-10-15(18-2)11-9-14/h3-12,16H,1-2H3/t12-,16+,17?/m0/s1. The Morgan fingerprint density at radius 3 is 2.37 bits per heavy atom. The number of methoxy groups -OCH3 is 1. The third-order valence-electron chi connectivity index (χ3n) is 3.47. The summed E-state index contributed by atoms with van der Waals surface area (Å²) in [5, 5.41) is 2.01. The second kappa shape index (κ2) is 5.03. The summed E-state index contributed by atoms with van der Waals surface area (Å²) in [6, 6.07) is 18.6. The van der Waals surface area contributed by atoms with E-state index in [4.69, 9.17) is 9.57 Å². The number of hydrogen-bond donors (Lipinski definition) is 0. The van der Waals surface area contributed by atoms with Crippen LogP contribution in [0.5, 0.6) is 5.75 Å². The Morgan fingerprint density at radius 2 is 1.74 bits per heavy atom. The summed E-state index contributed by atoms with van der Waals surface area (Å²) in [6.07, 6.45) is 0.0566. The lowest BCUT2D eigenvalue weighted by atomic mass is 10.1. The van der Waals surface area contributed by atoms with E-state index in [0.717, 1.165) is 11.3 Å². The fourth-order valence-electron chi connectivity index (χ4n) is 2.24. The highest BCUT2D eigenvalue weighted by Gasteiger charge is 2.42. The number of ether oxygens (including phenoxy) is 1. The van der Waals surface area contributed by atoms with Crippen LogP contribution >= 0.6 is 0 Å². The topological polar surface area (TPSA) is 24.8 Å². The molecule has 0 bridgehead atoms.